The van der Waals surface area contributed by atoms with Crippen molar-refractivity contribution in [2.24, 2.45) is 5.73 Å². The number of benzene rings is 2. The van der Waals surface area contributed by atoms with E-state index in [2.05, 4.69) is 4.98 Å². The maximum Gasteiger partial charge on any atom is 0.409 e. The monoisotopic (exact) mass is 495 g/mol. The van der Waals surface area contributed by atoms with E-state index in [0.717, 1.165) is 5.56 Å². The molecule has 1 aromatic heterocycles. The second-order valence-electron chi connectivity index (χ2n) is 7.91. The Hall–Kier alpha value is -3.60. The standard InChI is InChI=1S/C24H19F6N3O2/c25-23(26,27)11-19(24(28,29)30)33-18-10-17(15-4-2-1-3-5-15)21(32-22(18)35-13-20(33)34)16-8-6-14(12-31)7-9-16/h1-10,19H,11-13,31H2. The number of fused-ring (bicyclic) bond motifs is 1. The van der Waals surface area contributed by atoms with Crippen LogP contribution in [-0.4, -0.2) is 35.9 Å². The zero-order valence-electron chi connectivity index (χ0n) is 18.0. The van der Waals surface area contributed by atoms with Crippen LogP contribution < -0.4 is 15.4 Å². The molecule has 1 aliphatic heterocycles. The van der Waals surface area contributed by atoms with Crippen LogP contribution in [0.4, 0.5) is 32.0 Å². The van der Waals surface area contributed by atoms with Crippen molar-refractivity contribution in [3.63, 3.8) is 0 Å². The van der Waals surface area contributed by atoms with Gasteiger partial charge in [0.25, 0.3) is 5.91 Å². The topological polar surface area (TPSA) is 68.5 Å². The van der Waals surface area contributed by atoms with E-state index in [1.807, 2.05) is 0 Å². The van der Waals surface area contributed by atoms with Crippen molar-refractivity contribution in [3.05, 3.63) is 66.2 Å². The van der Waals surface area contributed by atoms with Crippen LogP contribution in [0.25, 0.3) is 22.4 Å². The molecule has 0 fully saturated rings. The predicted octanol–water partition coefficient (Wildman–Crippen LogP) is 5.48. The summed E-state index contributed by atoms with van der Waals surface area (Å²) in [4.78, 5) is 17.0. The average molecular weight is 495 g/mol. The van der Waals surface area contributed by atoms with Crippen LogP contribution in [0.3, 0.4) is 0 Å². The molecule has 1 atom stereocenters. The summed E-state index contributed by atoms with van der Waals surface area (Å²) in [5, 5.41) is 0. The Morgan fingerprint density at radius 2 is 1.63 bits per heavy atom. The molecule has 0 saturated carbocycles. The van der Waals surface area contributed by atoms with Gasteiger partial charge in [0.05, 0.1) is 12.1 Å². The van der Waals surface area contributed by atoms with Gasteiger partial charge in [0.1, 0.15) is 11.7 Å². The number of nitrogens with two attached hydrogens (primary N) is 1. The second-order valence-corrected chi connectivity index (χ2v) is 7.91. The average Bonchev–Trinajstić information content (AvgIpc) is 2.81. The number of ether oxygens (including phenoxy) is 1. The summed E-state index contributed by atoms with van der Waals surface area (Å²) in [7, 11) is 0. The first-order chi connectivity index (χ1) is 16.5. The molecule has 2 aromatic carbocycles. The Kier molecular flexibility index (Phi) is 6.46. The van der Waals surface area contributed by atoms with Gasteiger partial charge >= 0.3 is 12.4 Å². The van der Waals surface area contributed by atoms with Crippen LogP contribution in [0.15, 0.2) is 60.7 Å². The molecular weight excluding hydrogens is 476 g/mol. The highest BCUT2D eigenvalue weighted by atomic mass is 19.4. The molecule has 0 radical (unpaired) electrons. The Balaban J connectivity index is 1.93. The van der Waals surface area contributed by atoms with Gasteiger partial charge in [-0.25, -0.2) is 4.98 Å². The number of rotatable bonds is 5. The number of pyridine rings is 1. The molecular formula is C24H19F6N3O2. The Morgan fingerprint density at radius 3 is 2.20 bits per heavy atom. The van der Waals surface area contributed by atoms with E-state index in [1.165, 1.54) is 6.07 Å². The maximum absolute atomic E-state index is 13.8. The predicted molar refractivity (Wildman–Crippen MR) is 116 cm³/mol. The molecule has 0 aliphatic carbocycles. The fourth-order valence-corrected chi connectivity index (χ4v) is 3.87. The van der Waals surface area contributed by atoms with Crippen molar-refractivity contribution in [2.75, 3.05) is 11.5 Å². The normalized spacial score (nSPS) is 14.9. The van der Waals surface area contributed by atoms with E-state index in [9.17, 15) is 31.1 Å². The lowest BCUT2D eigenvalue weighted by Crippen LogP contribution is -2.54. The molecule has 3 aromatic rings. The molecule has 0 spiro atoms. The Morgan fingerprint density at radius 1 is 0.971 bits per heavy atom. The molecule has 1 amide bonds. The summed E-state index contributed by atoms with van der Waals surface area (Å²) in [6, 6.07) is 13.5. The van der Waals surface area contributed by atoms with Crippen molar-refractivity contribution < 1.29 is 35.9 Å². The molecule has 0 saturated heterocycles. The number of hydrogen-bond acceptors (Lipinski definition) is 4. The fraction of sp³-hybridized carbons (Fsp3) is 0.250. The van der Waals surface area contributed by atoms with Crippen molar-refractivity contribution in [3.8, 4) is 28.3 Å². The van der Waals surface area contributed by atoms with Crippen LogP contribution >= 0.6 is 0 Å². The summed E-state index contributed by atoms with van der Waals surface area (Å²) in [6.45, 7) is -0.581. The van der Waals surface area contributed by atoms with E-state index >= 15 is 0 Å². The van der Waals surface area contributed by atoms with Crippen molar-refractivity contribution in [1.29, 1.82) is 0 Å². The molecule has 184 valence electrons. The number of carbonyl (C=O) groups excluding carboxylic acids is 1. The summed E-state index contributed by atoms with van der Waals surface area (Å²) < 4.78 is 85.9. The minimum Gasteiger partial charge on any atom is -0.466 e. The SMILES string of the molecule is NCc1ccc(-c2nc3c(cc2-c2ccccc2)N(C(CC(F)(F)F)C(F)(F)F)C(=O)CO3)cc1. The van der Waals surface area contributed by atoms with Crippen LogP contribution in [0.2, 0.25) is 0 Å². The molecule has 0 bridgehead atoms. The molecule has 11 heteroatoms. The van der Waals surface area contributed by atoms with Crippen molar-refractivity contribution in [2.45, 2.75) is 31.4 Å². The van der Waals surface area contributed by atoms with E-state index in [1.54, 1.807) is 54.6 Å². The highest BCUT2D eigenvalue weighted by molar-refractivity contribution is 6.00. The van der Waals surface area contributed by atoms with Gasteiger partial charge in [-0.15, -0.1) is 0 Å². The van der Waals surface area contributed by atoms with E-state index < -0.39 is 43.0 Å². The molecule has 2 heterocycles. The minimum absolute atomic E-state index is 0.104. The van der Waals surface area contributed by atoms with Gasteiger partial charge in [0.2, 0.25) is 5.88 Å². The number of amides is 1. The summed E-state index contributed by atoms with van der Waals surface area (Å²) in [5.74, 6) is -1.61. The second kappa shape index (κ2) is 9.21. The minimum atomic E-state index is -5.34. The zero-order chi connectivity index (χ0) is 25.4. The molecule has 4 rings (SSSR count). The number of halogens is 6. The Bertz CT molecular complexity index is 1210. The van der Waals surface area contributed by atoms with Crippen LogP contribution in [-0.2, 0) is 11.3 Å². The van der Waals surface area contributed by atoms with Gasteiger partial charge in [-0.2, -0.15) is 26.3 Å². The fourth-order valence-electron chi connectivity index (χ4n) is 3.87. The lowest BCUT2D eigenvalue weighted by Gasteiger charge is -2.37. The number of hydrogen-bond donors (Lipinski definition) is 1. The summed E-state index contributed by atoms with van der Waals surface area (Å²) in [5.41, 5.74) is 7.77. The van der Waals surface area contributed by atoms with Gasteiger partial charge < -0.3 is 10.5 Å². The van der Waals surface area contributed by atoms with E-state index in [4.69, 9.17) is 10.5 Å². The quantitative estimate of drug-likeness (QED) is 0.476. The third-order valence-electron chi connectivity index (χ3n) is 5.49. The highest BCUT2D eigenvalue weighted by Crippen LogP contribution is 2.44. The van der Waals surface area contributed by atoms with Gasteiger partial charge in [0.15, 0.2) is 6.61 Å². The van der Waals surface area contributed by atoms with Crippen molar-refractivity contribution >= 4 is 11.6 Å². The van der Waals surface area contributed by atoms with E-state index in [-0.39, 0.29) is 10.8 Å². The maximum atomic E-state index is 13.8. The lowest BCUT2D eigenvalue weighted by atomic mass is 9.97. The number of anilines is 1. The molecule has 35 heavy (non-hydrogen) atoms. The first-order valence-electron chi connectivity index (χ1n) is 10.5. The largest absolute Gasteiger partial charge is 0.466 e. The number of alkyl halides is 6. The highest BCUT2D eigenvalue weighted by Gasteiger charge is 2.53. The first-order valence-corrected chi connectivity index (χ1v) is 10.5. The van der Waals surface area contributed by atoms with Gasteiger partial charge in [-0.3, -0.25) is 9.69 Å². The summed E-state index contributed by atoms with van der Waals surface area (Å²) >= 11 is 0. The molecule has 1 unspecified atom stereocenters. The number of aromatic nitrogens is 1. The van der Waals surface area contributed by atoms with Crippen molar-refractivity contribution in [1.82, 2.24) is 4.98 Å². The molecule has 1 aliphatic rings. The number of carbonyl (C=O) groups is 1. The molecule has 2 N–H and O–H groups in total. The first kappa shape index (κ1) is 24.5. The molecule has 5 nitrogen and oxygen atoms in total. The number of nitrogens with zero attached hydrogens (tertiary/aromatic N) is 2. The summed E-state index contributed by atoms with van der Waals surface area (Å²) in [6.07, 6.45) is -12.8. The van der Waals surface area contributed by atoms with Gasteiger partial charge in [0, 0.05) is 17.7 Å². The Labute approximate surface area is 196 Å². The van der Waals surface area contributed by atoms with Crippen LogP contribution in [0.1, 0.15) is 12.0 Å². The van der Waals surface area contributed by atoms with E-state index in [0.29, 0.717) is 28.9 Å². The van der Waals surface area contributed by atoms with Crippen LogP contribution in [0.5, 0.6) is 5.88 Å². The third kappa shape index (κ3) is 5.24. The lowest BCUT2D eigenvalue weighted by molar-refractivity contribution is -0.196. The van der Waals surface area contributed by atoms with Gasteiger partial charge in [-0.1, -0.05) is 54.6 Å². The third-order valence-corrected chi connectivity index (χ3v) is 5.49. The smallest absolute Gasteiger partial charge is 0.409 e. The van der Waals surface area contributed by atoms with Gasteiger partial charge in [-0.05, 0) is 17.2 Å². The zero-order valence-corrected chi connectivity index (χ0v) is 18.0. The van der Waals surface area contributed by atoms with Crippen LogP contribution in [0, 0.1) is 0 Å².